The van der Waals surface area contributed by atoms with Gasteiger partial charge in [0.15, 0.2) is 5.96 Å². The zero-order valence-corrected chi connectivity index (χ0v) is 17.8. The quantitative estimate of drug-likeness (QED) is 0.454. The van der Waals surface area contributed by atoms with Gasteiger partial charge in [0.2, 0.25) is 0 Å². The molecule has 6 nitrogen and oxygen atoms in total. The van der Waals surface area contributed by atoms with Gasteiger partial charge in [-0.1, -0.05) is 12.1 Å². The fourth-order valence-corrected chi connectivity index (χ4v) is 4.63. The van der Waals surface area contributed by atoms with E-state index in [0.717, 1.165) is 51.6 Å². The predicted octanol–water partition coefficient (Wildman–Crippen LogP) is 2.08. The van der Waals surface area contributed by atoms with Gasteiger partial charge in [-0.25, -0.2) is 4.99 Å². The average molecular weight is 407 g/mol. The lowest BCUT2D eigenvalue weighted by molar-refractivity contribution is 0.127. The molecule has 0 saturated carbocycles. The Hall–Kier alpha value is -1.44. The molecule has 3 N–H and O–H groups in total. The van der Waals surface area contributed by atoms with Crippen molar-refractivity contribution in [1.29, 1.82) is 0 Å². The molecule has 1 aromatic rings. The Morgan fingerprint density at radius 3 is 2.68 bits per heavy atom. The molecule has 7 heteroatoms. The molecule has 1 aromatic carbocycles. The van der Waals surface area contributed by atoms with Crippen LogP contribution in [0.2, 0.25) is 0 Å². The van der Waals surface area contributed by atoms with Crippen molar-refractivity contribution >= 4 is 23.4 Å². The van der Waals surface area contributed by atoms with Crippen LogP contribution in [0.25, 0.3) is 0 Å². The van der Waals surface area contributed by atoms with Gasteiger partial charge in [-0.05, 0) is 37.5 Å². The van der Waals surface area contributed by atoms with E-state index in [0.29, 0.717) is 13.2 Å². The van der Waals surface area contributed by atoms with Crippen molar-refractivity contribution in [2.24, 2.45) is 10.4 Å². The molecule has 2 aliphatic rings. The molecule has 3 rings (SSSR count). The molecule has 0 aromatic heterocycles. The number of rotatable bonds is 8. The molecule has 0 amide bonds. The number of anilines is 1. The summed E-state index contributed by atoms with van der Waals surface area (Å²) in [6.07, 6.45) is 1.74. The van der Waals surface area contributed by atoms with Crippen LogP contribution in [0.15, 0.2) is 29.3 Å². The van der Waals surface area contributed by atoms with Gasteiger partial charge in [-0.15, -0.1) is 0 Å². The van der Waals surface area contributed by atoms with Crippen LogP contribution in [0.4, 0.5) is 5.69 Å². The van der Waals surface area contributed by atoms with Gasteiger partial charge >= 0.3 is 0 Å². The highest BCUT2D eigenvalue weighted by Gasteiger charge is 2.34. The molecule has 0 aliphatic carbocycles. The molecule has 0 radical (unpaired) electrons. The number of nitrogens with zero attached hydrogens (tertiary/aromatic N) is 2. The van der Waals surface area contributed by atoms with E-state index in [-0.39, 0.29) is 12.0 Å². The number of benzene rings is 1. The summed E-state index contributed by atoms with van der Waals surface area (Å²) in [5.74, 6) is 3.25. The summed E-state index contributed by atoms with van der Waals surface area (Å²) < 4.78 is 5.58. The zero-order chi connectivity index (χ0) is 19.7. The summed E-state index contributed by atoms with van der Waals surface area (Å²) in [5, 5.41) is 16.2. The molecule has 2 saturated heterocycles. The van der Waals surface area contributed by atoms with Crippen LogP contribution >= 0.6 is 11.8 Å². The Balaban J connectivity index is 1.56. The number of nitrogens with one attached hydrogen (secondary N) is 2. The van der Waals surface area contributed by atoms with Gasteiger partial charge in [-0.3, -0.25) is 0 Å². The maximum Gasteiger partial charge on any atom is 0.191 e. The number of ether oxygens (including phenoxy) is 1. The van der Waals surface area contributed by atoms with E-state index in [4.69, 9.17) is 9.73 Å². The third kappa shape index (κ3) is 6.03. The van der Waals surface area contributed by atoms with Gasteiger partial charge in [0.05, 0.1) is 13.2 Å². The number of aliphatic hydroxyl groups excluding tert-OH is 1. The molecular weight excluding hydrogens is 372 g/mol. The number of guanidine groups is 1. The van der Waals surface area contributed by atoms with Crippen LogP contribution in [0.1, 0.15) is 25.3 Å². The van der Waals surface area contributed by atoms with Crippen LogP contribution in [-0.4, -0.2) is 68.6 Å². The second-order valence-electron chi connectivity index (χ2n) is 7.59. The van der Waals surface area contributed by atoms with Gasteiger partial charge < -0.3 is 25.4 Å². The van der Waals surface area contributed by atoms with Crippen molar-refractivity contribution in [1.82, 2.24) is 10.6 Å². The van der Waals surface area contributed by atoms with Crippen molar-refractivity contribution < 1.29 is 9.84 Å². The maximum absolute atomic E-state index is 9.40. The van der Waals surface area contributed by atoms with E-state index in [2.05, 4.69) is 46.7 Å². The molecule has 1 unspecified atom stereocenters. The third-order valence-corrected chi connectivity index (χ3v) is 6.48. The van der Waals surface area contributed by atoms with Crippen LogP contribution in [0.3, 0.4) is 0 Å². The molecule has 2 fully saturated rings. The smallest absolute Gasteiger partial charge is 0.191 e. The maximum atomic E-state index is 9.40. The Bertz CT molecular complexity index is 611. The normalized spacial score (nSPS) is 23.1. The molecular formula is C21H34N4O2S. The first-order chi connectivity index (χ1) is 13.7. The number of aliphatic hydroxyl groups is 1. The largest absolute Gasteiger partial charge is 0.396 e. The van der Waals surface area contributed by atoms with Crippen molar-refractivity contribution in [3.63, 3.8) is 0 Å². The SMILES string of the molecule is CCNC(=NCc1ccc(N2CCSCC2)cc1)NCC1(CCO)CCOC1. The van der Waals surface area contributed by atoms with E-state index < -0.39 is 0 Å². The monoisotopic (exact) mass is 406 g/mol. The zero-order valence-electron chi connectivity index (χ0n) is 17.0. The summed E-state index contributed by atoms with van der Waals surface area (Å²) in [7, 11) is 0. The minimum Gasteiger partial charge on any atom is -0.396 e. The first-order valence-electron chi connectivity index (χ1n) is 10.4. The van der Waals surface area contributed by atoms with Gasteiger partial charge in [0.25, 0.3) is 0 Å². The fraction of sp³-hybridized carbons (Fsp3) is 0.667. The molecule has 0 bridgehead atoms. The Labute approximate surface area is 173 Å². The molecule has 1 atom stereocenters. The Kier molecular flexibility index (Phi) is 8.30. The molecule has 0 spiro atoms. The van der Waals surface area contributed by atoms with Gasteiger partial charge in [0.1, 0.15) is 0 Å². The summed E-state index contributed by atoms with van der Waals surface area (Å²) in [6, 6.07) is 8.80. The van der Waals surface area contributed by atoms with Crippen LogP contribution in [0, 0.1) is 5.41 Å². The minimum absolute atomic E-state index is 0.0132. The van der Waals surface area contributed by atoms with Crippen molar-refractivity contribution in [2.75, 3.05) is 62.4 Å². The highest BCUT2D eigenvalue weighted by Crippen LogP contribution is 2.31. The minimum atomic E-state index is 0.0132. The van der Waals surface area contributed by atoms with Gasteiger partial charge in [-0.2, -0.15) is 11.8 Å². The first kappa shape index (κ1) is 21.3. The fourth-order valence-electron chi connectivity index (χ4n) is 3.73. The van der Waals surface area contributed by atoms with Crippen molar-refractivity contribution in [3.8, 4) is 0 Å². The van der Waals surface area contributed by atoms with E-state index in [1.165, 1.54) is 22.8 Å². The summed E-state index contributed by atoms with van der Waals surface area (Å²) in [4.78, 5) is 7.21. The molecule has 2 heterocycles. The predicted molar refractivity (Wildman–Crippen MR) is 118 cm³/mol. The van der Waals surface area contributed by atoms with E-state index in [9.17, 15) is 5.11 Å². The molecule has 156 valence electrons. The lowest BCUT2D eigenvalue weighted by Gasteiger charge is -2.28. The van der Waals surface area contributed by atoms with Crippen LogP contribution in [-0.2, 0) is 11.3 Å². The lowest BCUT2D eigenvalue weighted by atomic mass is 9.84. The first-order valence-corrected chi connectivity index (χ1v) is 11.5. The van der Waals surface area contributed by atoms with Crippen molar-refractivity contribution in [3.05, 3.63) is 29.8 Å². The number of aliphatic imine (C=N–C) groups is 1. The highest BCUT2D eigenvalue weighted by molar-refractivity contribution is 7.99. The molecule has 28 heavy (non-hydrogen) atoms. The van der Waals surface area contributed by atoms with E-state index in [1.54, 1.807) is 0 Å². The van der Waals surface area contributed by atoms with Gasteiger partial charge in [0, 0.05) is 62.0 Å². The Morgan fingerprint density at radius 1 is 1.25 bits per heavy atom. The van der Waals surface area contributed by atoms with E-state index >= 15 is 0 Å². The standard InChI is InChI=1S/C21H34N4O2S/c1-2-22-20(24-16-21(7-11-26)8-12-27-17-21)23-15-18-3-5-19(6-4-18)25-9-13-28-14-10-25/h3-6,26H,2,7-17H2,1H3,(H2,22,23,24). The second-order valence-corrected chi connectivity index (χ2v) is 8.82. The molecule has 2 aliphatic heterocycles. The average Bonchev–Trinajstić information content (AvgIpc) is 3.20. The third-order valence-electron chi connectivity index (χ3n) is 5.53. The summed E-state index contributed by atoms with van der Waals surface area (Å²) in [6.45, 7) is 8.26. The second kappa shape index (κ2) is 10.9. The number of thioether (sulfide) groups is 1. The Morgan fingerprint density at radius 2 is 2.04 bits per heavy atom. The number of hydrogen-bond donors (Lipinski definition) is 3. The highest BCUT2D eigenvalue weighted by atomic mass is 32.2. The lowest BCUT2D eigenvalue weighted by Crippen LogP contribution is -2.44. The van der Waals surface area contributed by atoms with E-state index in [1.807, 2.05) is 11.8 Å². The van der Waals surface area contributed by atoms with Crippen LogP contribution in [0.5, 0.6) is 0 Å². The number of hydrogen-bond acceptors (Lipinski definition) is 5. The summed E-state index contributed by atoms with van der Waals surface area (Å²) >= 11 is 2.03. The summed E-state index contributed by atoms with van der Waals surface area (Å²) in [5.41, 5.74) is 2.53. The van der Waals surface area contributed by atoms with Crippen LogP contribution < -0.4 is 15.5 Å². The topological polar surface area (TPSA) is 69.1 Å². The van der Waals surface area contributed by atoms with Crippen molar-refractivity contribution in [2.45, 2.75) is 26.3 Å².